The van der Waals surface area contributed by atoms with Gasteiger partial charge in [0, 0.05) is 29.4 Å². The van der Waals surface area contributed by atoms with Gasteiger partial charge in [-0.2, -0.15) is 0 Å². The van der Waals surface area contributed by atoms with Crippen LogP contribution in [0, 0.1) is 0 Å². The summed E-state index contributed by atoms with van der Waals surface area (Å²) in [7, 11) is 0. The molecule has 0 aliphatic heterocycles. The zero-order valence-corrected chi connectivity index (χ0v) is 21.7. The van der Waals surface area contributed by atoms with E-state index in [4.69, 9.17) is 32.5 Å². The van der Waals surface area contributed by atoms with Crippen molar-refractivity contribution in [3.8, 4) is 17.0 Å². The highest BCUT2D eigenvalue weighted by Crippen LogP contribution is 2.39. The van der Waals surface area contributed by atoms with E-state index in [1.54, 1.807) is 36.4 Å². The number of ether oxygens (including phenoxy) is 1. The number of hydrogen-bond donors (Lipinski definition) is 1. The zero-order chi connectivity index (χ0) is 25.8. The Hall–Kier alpha value is -3.48. The third kappa shape index (κ3) is 5.35. The van der Waals surface area contributed by atoms with E-state index >= 15 is 0 Å². The van der Waals surface area contributed by atoms with Crippen molar-refractivity contribution in [2.24, 2.45) is 0 Å². The number of carbonyl (C=O) groups is 1. The average Bonchev–Trinajstić information content (AvgIpc) is 3.28. The quantitative estimate of drug-likeness (QED) is 0.237. The molecule has 0 bridgehead atoms. The molecule has 0 atom stereocenters. The van der Waals surface area contributed by atoms with Crippen molar-refractivity contribution in [1.29, 1.82) is 0 Å². The maximum Gasteiger partial charge on any atom is 0.335 e. The molecule has 36 heavy (non-hydrogen) atoms. The van der Waals surface area contributed by atoms with E-state index < -0.39 is 5.97 Å². The number of rotatable bonds is 9. The lowest BCUT2D eigenvalue weighted by Crippen LogP contribution is -2.16. The Bertz CT molecular complexity index is 1350. The van der Waals surface area contributed by atoms with Crippen LogP contribution >= 0.6 is 23.2 Å². The summed E-state index contributed by atoms with van der Waals surface area (Å²) in [5.41, 5.74) is 3.95. The average molecular weight is 525 g/mol. The number of benzene rings is 3. The van der Waals surface area contributed by atoms with Crippen LogP contribution in [0.5, 0.6) is 5.75 Å². The van der Waals surface area contributed by atoms with Crippen molar-refractivity contribution in [1.82, 2.24) is 5.16 Å². The molecule has 4 rings (SSSR count). The van der Waals surface area contributed by atoms with Gasteiger partial charge in [0.05, 0.1) is 21.2 Å². The number of aromatic nitrogens is 1. The number of nitrogens with zero attached hydrogens (tertiary/aromatic N) is 2. The third-order valence-corrected chi connectivity index (χ3v) is 6.43. The Balaban J connectivity index is 1.57. The molecule has 1 heterocycles. The predicted molar refractivity (Wildman–Crippen MR) is 143 cm³/mol. The Labute approximate surface area is 220 Å². The molecule has 0 unspecified atom stereocenters. The van der Waals surface area contributed by atoms with E-state index in [-0.39, 0.29) is 18.1 Å². The first-order chi connectivity index (χ1) is 17.3. The Morgan fingerprint density at radius 2 is 1.69 bits per heavy atom. The first-order valence-electron chi connectivity index (χ1n) is 11.6. The molecule has 0 aliphatic rings. The highest BCUT2D eigenvalue weighted by molar-refractivity contribution is 6.39. The lowest BCUT2D eigenvalue weighted by Gasteiger charge is -2.24. The highest BCUT2D eigenvalue weighted by atomic mass is 35.5. The van der Waals surface area contributed by atoms with E-state index in [0.717, 1.165) is 16.9 Å². The fraction of sp³-hybridized carbons (Fsp3) is 0.214. The lowest BCUT2D eigenvalue weighted by atomic mass is 10.0. The standard InChI is InChI=1S/C28H26Cl2N2O4/c1-4-32(20-8-5-7-18(15-20)28(33)34)19-11-13-21(14-12-19)35-16-22-26(31-36-27(22)17(2)3)25-23(29)9-6-10-24(25)30/h5-15,17H,4,16H2,1-3H3,(H,33,34). The van der Waals surface area contributed by atoms with Crippen LogP contribution in [-0.2, 0) is 6.61 Å². The van der Waals surface area contributed by atoms with Gasteiger partial charge in [0.1, 0.15) is 23.8 Å². The van der Waals surface area contributed by atoms with Crippen molar-refractivity contribution in [2.45, 2.75) is 33.3 Å². The van der Waals surface area contributed by atoms with Crippen molar-refractivity contribution >= 4 is 40.5 Å². The molecule has 186 valence electrons. The molecule has 3 aromatic carbocycles. The fourth-order valence-corrected chi connectivity index (χ4v) is 4.61. The molecule has 0 amide bonds. The van der Waals surface area contributed by atoms with Crippen LogP contribution < -0.4 is 9.64 Å². The molecular formula is C28H26Cl2N2O4. The van der Waals surface area contributed by atoms with Crippen molar-refractivity contribution in [2.75, 3.05) is 11.4 Å². The summed E-state index contributed by atoms with van der Waals surface area (Å²) in [6.07, 6.45) is 0. The van der Waals surface area contributed by atoms with Crippen LogP contribution in [0.1, 0.15) is 48.4 Å². The normalized spacial score (nSPS) is 11.1. The summed E-state index contributed by atoms with van der Waals surface area (Å²) in [5, 5.41) is 14.6. The van der Waals surface area contributed by atoms with Crippen LogP contribution in [0.25, 0.3) is 11.3 Å². The molecular weight excluding hydrogens is 499 g/mol. The van der Waals surface area contributed by atoms with Crippen LogP contribution in [0.3, 0.4) is 0 Å². The van der Waals surface area contributed by atoms with E-state index in [9.17, 15) is 9.90 Å². The van der Waals surface area contributed by atoms with Gasteiger partial charge in [-0.1, -0.05) is 54.3 Å². The Morgan fingerprint density at radius 1 is 1.03 bits per heavy atom. The second-order valence-electron chi connectivity index (χ2n) is 8.51. The molecule has 8 heteroatoms. The minimum atomic E-state index is -0.955. The summed E-state index contributed by atoms with van der Waals surface area (Å²) >= 11 is 12.9. The molecule has 4 aromatic rings. The van der Waals surface area contributed by atoms with Gasteiger partial charge in [0.2, 0.25) is 0 Å². The molecule has 0 radical (unpaired) electrons. The topological polar surface area (TPSA) is 75.8 Å². The van der Waals surface area contributed by atoms with E-state index in [0.29, 0.717) is 39.4 Å². The van der Waals surface area contributed by atoms with Crippen LogP contribution in [-0.4, -0.2) is 22.8 Å². The van der Waals surface area contributed by atoms with E-state index in [1.807, 2.05) is 56.0 Å². The van der Waals surface area contributed by atoms with Gasteiger partial charge in [-0.05, 0) is 61.5 Å². The summed E-state index contributed by atoms with van der Waals surface area (Å²) in [6.45, 7) is 6.96. The Kier molecular flexibility index (Phi) is 7.87. The largest absolute Gasteiger partial charge is 0.489 e. The summed E-state index contributed by atoms with van der Waals surface area (Å²) in [5.74, 6) is 0.519. The second-order valence-corrected chi connectivity index (χ2v) is 9.32. The monoisotopic (exact) mass is 524 g/mol. The first kappa shape index (κ1) is 25.6. The number of hydrogen-bond acceptors (Lipinski definition) is 5. The van der Waals surface area contributed by atoms with E-state index in [1.165, 1.54) is 0 Å². The van der Waals surface area contributed by atoms with Gasteiger partial charge in [0.25, 0.3) is 0 Å². The second kappa shape index (κ2) is 11.1. The van der Waals surface area contributed by atoms with E-state index in [2.05, 4.69) is 5.16 Å². The molecule has 6 nitrogen and oxygen atoms in total. The van der Waals surface area contributed by atoms with Gasteiger partial charge in [0.15, 0.2) is 0 Å². The molecule has 0 aliphatic carbocycles. The minimum Gasteiger partial charge on any atom is -0.489 e. The Morgan fingerprint density at radius 3 is 2.31 bits per heavy atom. The highest BCUT2D eigenvalue weighted by Gasteiger charge is 2.24. The van der Waals surface area contributed by atoms with Gasteiger partial charge in [-0.25, -0.2) is 4.79 Å². The number of halogens is 2. The zero-order valence-electron chi connectivity index (χ0n) is 20.2. The summed E-state index contributed by atoms with van der Waals surface area (Å²) < 4.78 is 11.8. The number of aromatic carboxylic acids is 1. The number of carboxylic acid groups (broad SMARTS) is 1. The maximum absolute atomic E-state index is 11.4. The summed E-state index contributed by atoms with van der Waals surface area (Å²) in [4.78, 5) is 13.4. The molecule has 0 saturated carbocycles. The van der Waals surface area contributed by atoms with Crippen molar-refractivity contribution < 1.29 is 19.2 Å². The minimum absolute atomic E-state index is 0.0909. The van der Waals surface area contributed by atoms with Crippen LogP contribution in [0.2, 0.25) is 10.0 Å². The summed E-state index contributed by atoms with van der Waals surface area (Å²) in [6, 6.07) is 19.8. The number of carboxylic acids is 1. The van der Waals surface area contributed by atoms with Gasteiger partial charge in [-0.3, -0.25) is 0 Å². The van der Waals surface area contributed by atoms with Gasteiger partial charge in [-0.15, -0.1) is 0 Å². The number of anilines is 2. The molecule has 0 spiro atoms. The van der Waals surface area contributed by atoms with Crippen LogP contribution in [0.15, 0.2) is 71.3 Å². The molecule has 1 N–H and O–H groups in total. The van der Waals surface area contributed by atoms with Gasteiger partial charge < -0.3 is 19.3 Å². The smallest absolute Gasteiger partial charge is 0.335 e. The lowest BCUT2D eigenvalue weighted by molar-refractivity contribution is 0.0697. The molecule has 0 saturated heterocycles. The van der Waals surface area contributed by atoms with Crippen molar-refractivity contribution in [3.63, 3.8) is 0 Å². The molecule has 0 fully saturated rings. The fourth-order valence-electron chi connectivity index (χ4n) is 4.03. The SMILES string of the molecule is CCN(c1ccc(OCc2c(-c3c(Cl)cccc3Cl)noc2C(C)C)cc1)c1cccc(C(=O)O)c1. The molecule has 1 aromatic heterocycles. The van der Waals surface area contributed by atoms with Crippen molar-refractivity contribution in [3.05, 3.63) is 93.7 Å². The maximum atomic E-state index is 11.4. The first-order valence-corrected chi connectivity index (χ1v) is 12.3. The van der Waals surface area contributed by atoms with Gasteiger partial charge >= 0.3 is 5.97 Å². The van der Waals surface area contributed by atoms with Crippen LogP contribution in [0.4, 0.5) is 11.4 Å². The third-order valence-electron chi connectivity index (χ3n) is 5.80. The predicted octanol–water partition coefficient (Wildman–Crippen LogP) is 8.21.